The van der Waals surface area contributed by atoms with E-state index in [1.54, 1.807) is 12.1 Å². The van der Waals surface area contributed by atoms with Crippen molar-refractivity contribution in [3.8, 4) is 11.5 Å². The number of allylic oxidation sites excluding steroid dienone is 2. The summed E-state index contributed by atoms with van der Waals surface area (Å²) in [7, 11) is 1.54. The molecular formula is C17H24O3. The summed E-state index contributed by atoms with van der Waals surface area (Å²) in [6, 6.07) is 5.33. The molecule has 0 radical (unpaired) electrons. The number of unbranched alkanes of at least 4 members (excludes halogenated alkanes) is 2. The van der Waals surface area contributed by atoms with Crippen LogP contribution >= 0.6 is 0 Å². The van der Waals surface area contributed by atoms with Crippen molar-refractivity contribution in [2.45, 2.75) is 45.4 Å². The molecule has 0 saturated carbocycles. The van der Waals surface area contributed by atoms with Crippen LogP contribution in [0.2, 0.25) is 0 Å². The number of phenols is 1. The zero-order valence-electron chi connectivity index (χ0n) is 12.4. The SMILES string of the molecule is CCCCCC(=O)C=CCCc1ccc(O)c(OC)c1. The van der Waals surface area contributed by atoms with E-state index in [1.165, 1.54) is 7.11 Å². The number of hydrogen-bond acceptors (Lipinski definition) is 3. The molecular weight excluding hydrogens is 252 g/mol. The van der Waals surface area contributed by atoms with E-state index >= 15 is 0 Å². The molecule has 0 spiro atoms. The molecule has 20 heavy (non-hydrogen) atoms. The van der Waals surface area contributed by atoms with Gasteiger partial charge in [0.05, 0.1) is 7.11 Å². The van der Waals surface area contributed by atoms with Crippen LogP contribution in [0.25, 0.3) is 0 Å². The largest absolute Gasteiger partial charge is 0.504 e. The van der Waals surface area contributed by atoms with Crippen LogP contribution in [-0.4, -0.2) is 18.0 Å². The zero-order chi connectivity index (χ0) is 14.8. The lowest BCUT2D eigenvalue weighted by molar-refractivity contribution is -0.114. The molecule has 1 N–H and O–H groups in total. The molecule has 0 aliphatic carbocycles. The molecule has 0 amide bonds. The molecule has 0 bridgehead atoms. The molecule has 110 valence electrons. The second kappa shape index (κ2) is 9.18. The van der Waals surface area contributed by atoms with Crippen molar-refractivity contribution in [2.75, 3.05) is 7.11 Å². The van der Waals surface area contributed by atoms with Gasteiger partial charge in [0.25, 0.3) is 0 Å². The van der Waals surface area contributed by atoms with Crippen LogP contribution in [0.4, 0.5) is 0 Å². The van der Waals surface area contributed by atoms with Crippen molar-refractivity contribution < 1.29 is 14.6 Å². The van der Waals surface area contributed by atoms with E-state index in [4.69, 9.17) is 4.74 Å². The molecule has 0 aliphatic heterocycles. The first-order valence-electron chi connectivity index (χ1n) is 7.22. The second-order valence-corrected chi connectivity index (χ2v) is 4.87. The second-order valence-electron chi connectivity index (χ2n) is 4.87. The third kappa shape index (κ3) is 5.91. The maximum Gasteiger partial charge on any atom is 0.160 e. The minimum atomic E-state index is 0.151. The number of phenolic OH excluding ortho intramolecular Hbond substituents is 1. The fourth-order valence-corrected chi connectivity index (χ4v) is 1.97. The van der Waals surface area contributed by atoms with Crippen LogP contribution in [0.3, 0.4) is 0 Å². The summed E-state index contributed by atoms with van der Waals surface area (Å²) in [5, 5.41) is 9.50. The first kappa shape index (κ1) is 16.3. The van der Waals surface area contributed by atoms with Crippen LogP contribution in [-0.2, 0) is 11.2 Å². The molecule has 0 heterocycles. The van der Waals surface area contributed by atoms with Crippen LogP contribution in [0.15, 0.2) is 30.4 Å². The van der Waals surface area contributed by atoms with Gasteiger partial charge in [-0.05, 0) is 43.0 Å². The third-order valence-electron chi connectivity index (χ3n) is 3.17. The Hall–Kier alpha value is -1.77. The van der Waals surface area contributed by atoms with Gasteiger partial charge in [-0.25, -0.2) is 0 Å². The Balaban J connectivity index is 2.35. The number of ketones is 1. The molecule has 1 aromatic carbocycles. The van der Waals surface area contributed by atoms with Crippen molar-refractivity contribution in [3.05, 3.63) is 35.9 Å². The molecule has 0 atom stereocenters. The molecule has 0 saturated heterocycles. The number of ether oxygens (including phenoxy) is 1. The maximum absolute atomic E-state index is 11.5. The van der Waals surface area contributed by atoms with Gasteiger partial charge < -0.3 is 9.84 Å². The molecule has 0 aromatic heterocycles. The Morgan fingerprint density at radius 2 is 2.15 bits per heavy atom. The predicted molar refractivity (Wildman–Crippen MR) is 81.3 cm³/mol. The van der Waals surface area contributed by atoms with E-state index in [-0.39, 0.29) is 11.5 Å². The Labute approximate surface area is 121 Å². The van der Waals surface area contributed by atoms with Gasteiger partial charge in [-0.3, -0.25) is 4.79 Å². The number of hydrogen-bond donors (Lipinski definition) is 1. The van der Waals surface area contributed by atoms with Gasteiger partial charge in [0.2, 0.25) is 0 Å². The quantitative estimate of drug-likeness (QED) is 0.547. The van der Waals surface area contributed by atoms with Crippen molar-refractivity contribution in [3.63, 3.8) is 0 Å². The lowest BCUT2D eigenvalue weighted by atomic mass is 10.1. The summed E-state index contributed by atoms with van der Waals surface area (Å²) in [6.07, 6.45) is 9.14. The number of aryl methyl sites for hydroxylation is 1. The van der Waals surface area contributed by atoms with Gasteiger partial charge in [0.1, 0.15) is 0 Å². The third-order valence-corrected chi connectivity index (χ3v) is 3.17. The number of carbonyl (C=O) groups excluding carboxylic acids is 1. The number of methoxy groups -OCH3 is 1. The lowest BCUT2D eigenvalue weighted by Gasteiger charge is -2.05. The van der Waals surface area contributed by atoms with Gasteiger partial charge >= 0.3 is 0 Å². The highest BCUT2D eigenvalue weighted by atomic mass is 16.5. The van der Waals surface area contributed by atoms with E-state index in [0.717, 1.165) is 37.7 Å². The van der Waals surface area contributed by atoms with Crippen molar-refractivity contribution in [2.24, 2.45) is 0 Å². The van der Waals surface area contributed by atoms with E-state index < -0.39 is 0 Å². The summed E-state index contributed by atoms with van der Waals surface area (Å²) in [6.45, 7) is 2.13. The smallest absolute Gasteiger partial charge is 0.160 e. The normalized spacial score (nSPS) is 10.9. The molecule has 0 fully saturated rings. The fourth-order valence-electron chi connectivity index (χ4n) is 1.97. The zero-order valence-corrected chi connectivity index (χ0v) is 12.4. The molecule has 1 rings (SSSR count). The van der Waals surface area contributed by atoms with Crippen LogP contribution < -0.4 is 4.74 Å². The summed E-state index contributed by atoms with van der Waals surface area (Å²) >= 11 is 0. The van der Waals surface area contributed by atoms with Gasteiger partial charge in [-0.15, -0.1) is 0 Å². The van der Waals surface area contributed by atoms with Gasteiger partial charge in [-0.2, -0.15) is 0 Å². The standard InChI is InChI=1S/C17H24O3/c1-3-4-5-9-15(18)10-7-6-8-14-11-12-16(19)17(13-14)20-2/h7,10-13,19H,3-6,8-9H2,1-2H3. The Morgan fingerprint density at radius 1 is 1.35 bits per heavy atom. The first-order chi connectivity index (χ1) is 9.67. The molecule has 0 unspecified atom stereocenters. The average molecular weight is 276 g/mol. The summed E-state index contributed by atoms with van der Waals surface area (Å²) < 4.78 is 5.06. The van der Waals surface area contributed by atoms with Crippen LogP contribution in [0.1, 0.15) is 44.6 Å². The summed E-state index contributed by atoms with van der Waals surface area (Å²) in [5.41, 5.74) is 1.09. The van der Waals surface area contributed by atoms with E-state index in [9.17, 15) is 9.90 Å². The number of rotatable bonds is 9. The minimum Gasteiger partial charge on any atom is -0.504 e. The van der Waals surface area contributed by atoms with Crippen molar-refractivity contribution in [1.82, 2.24) is 0 Å². The Bertz CT molecular complexity index is 450. The highest BCUT2D eigenvalue weighted by Crippen LogP contribution is 2.26. The topological polar surface area (TPSA) is 46.5 Å². The average Bonchev–Trinajstić information content (AvgIpc) is 2.45. The predicted octanol–water partition coefficient (Wildman–Crippen LogP) is 4.04. The molecule has 3 nitrogen and oxygen atoms in total. The lowest BCUT2D eigenvalue weighted by Crippen LogP contribution is -1.92. The molecule has 3 heteroatoms. The summed E-state index contributed by atoms with van der Waals surface area (Å²) in [4.78, 5) is 11.5. The Morgan fingerprint density at radius 3 is 2.85 bits per heavy atom. The van der Waals surface area contributed by atoms with E-state index in [1.807, 2.05) is 18.2 Å². The van der Waals surface area contributed by atoms with Crippen LogP contribution in [0.5, 0.6) is 11.5 Å². The maximum atomic E-state index is 11.5. The van der Waals surface area contributed by atoms with Crippen molar-refractivity contribution in [1.29, 1.82) is 0 Å². The van der Waals surface area contributed by atoms with Gasteiger partial charge in [0.15, 0.2) is 17.3 Å². The number of aromatic hydroxyl groups is 1. The van der Waals surface area contributed by atoms with E-state index in [2.05, 4.69) is 6.92 Å². The Kier molecular flexibility index (Phi) is 7.48. The van der Waals surface area contributed by atoms with Crippen LogP contribution in [0, 0.1) is 0 Å². The number of benzene rings is 1. The summed E-state index contributed by atoms with van der Waals surface area (Å²) in [5.74, 6) is 0.849. The van der Waals surface area contributed by atoms with Crippen molar-refractivity contribution >= 4 is 5.78 Å². The fraction of sp³-hybridized carbons (Fsp3) is 0.471. The number of carbonyl (C=O) groups is 1. The first-order valence-corrected chi connectivity index (χ1v) is 7.22. The van der Waals surface area contributed by atoms with Gasteiger partial charge in [0, 0.05) is 6.42 Å². The highest BCUT2D eigenvalue weighted by Gasteiger charge is 2.02. The highest BCUT2D eigenvalue weighted by molar-refractivity contribution is 5.89. The monoisotopic (exact) mass is 276 g/mol. The molecule has 0 aliphatic rings. The molecule has 1 aromatic rings. The van der Waals surface area contributed by atoms with Gasteiger partial charge in [-0.1, -0.05) is 31.9 Å². The van der Waals surface area contributed by atoms with E-state index in [0.29, 0.717) is 12.2 Å². The minimum absolute atomic E-state index is 0.151.